The van der Waals surface area contributed by atoms with Crippen molar-refractivity contribution in [2.24, 2.45) is 5.73 Å². The molecule has 0 fully saturated rings. The molecule has 1 aromatic heterocycles. The van der Waals surface area contributed by atoms with E-state index in [9.17, 15) is 0 Å². The molecule has 0 spiro atoms. The Hall–Kier alpha value is -0.830. The van der Waals surface area contributed by atoms with Crippen LogP contribution in [0.4, 0.5) is 0 Å². The molecule has 0 aliphatic rings. The molecule has 0 bridgehead atoms. The van der Waals surface area contributed by atoms with Gasteiger partial charge in [0.1, 0.15) is 5.76 Å². The van der Waals surface area contributed by atoms with Crippen LogP contribution < -0.4 is 5.73 Å². The Labute approximate surface area is 73.0 Å². The first-order chi connectivity index (χ1) is 5.41. The average molecular weight is 168 g/mol. The van der Waals surface area contributed by atoms with Gasteiger partial charge >= 0.3 is 0 Å². The monoisotopic (exact) mass is 168 g/mol. The molecule has 0 saturated carbocycles. The van der Waals surface area contributed by atoms with E-state index in [1.165, 1.54) is 0 Å². The lowest BCUT2D eigenvalue weighted by Crippen LogP contribution is -2.27. The van der Waals surface area contributed by atoms with E-state index in [1.807, 2.05) is 27.7 Å². The summed E-state index contributed by atoms with van der Waals surface area (Å²) in [4.78, 5) is 4.14. The molecule has 0 amide bonds. The molecule has 0 radical (unpaired) electrons. The van der Waals surface area contributed by atoms with Crippen LogP contribution in [0.5, 0.6) is 0 Å². The van der Waals surface area contributed by atoms with Crippen LogP contribution in [0.15, 0.2) is 10.6 Å². The number of nitrogens with two attached hydrogens (primary N) is 1. The standard InChI is InChI=1S/C9H16N2O/c1-6(2)8-11-5-7(12-8)9(3,4)10/h5-6H,10H2,1-4H3. The third-order valence-electron chi connectivity index (χ3n) is 1.65. The summed E-state index contributed by atoms with van der Waals surface area (Å²) in [5, 5.41) is 0. The van der Waals surface area contributed by atoms with Gasteiger partial charge in [-0.15, -0.1) is 0 Å². The third-order valence-corrected chi connectivity index (χ3v) is 1.65. The summed E-state index contributed by atoms with van der Waals surface area (Å²) >= 11 is 0. The highest BCUT2D eigenvalue weighted by Gasteiger charge is 2.20. The van der Waals surface area contributed by atoms with E-state index in [-0.39, 0.29) is 0 Å². The van der Waals surface area contributed by atoms with Gasteiger partial charge in [-0.3, -0.25) is 0 Å². The van der Waals surface area contributed by atoms with E-state index in [1.54, 1.807) is 6.20 Å². The summed E-state index contributed by atoms with van der Waals surface area (Å²) in [6.07, 6.45) is 1.70. The Morgan fingerprint density at radius 2 is 2.08 bits per heavy atom. The molecule has 0 aliphatic heterocycles. The average Bonchev–Trinajstić information content (AvgIpc) is 2.30. The molecule has 1 heterocycles. The second kappa shape index (κ2) is 2.90. The minimum Gasteiger partial charge on any atom is -0.444 e. The van der Waals surface area contributed by atoms with Gasteiger partial charge in [0, 0.05) is 5.92 Å². The molecule has 0 saturated heterocycles. The second-order valence-electron chi connectivity index (χ2n) is 3.94. The molecule has 12 heavy (non-hydrogen) atoms. The number of hydrogen-bond acceptors (Lipinski definition) is 3. The van der Waals surface area contributed by atoms with Gasteiger partial charge in [-0.1, -0.05) is 13.8 Å². The van der Waals surface area contributed by atoms with Crippen molar-refractivity contribution in [1.82, 2.24) is 4.98 Å². The highest BCUT2D eigenvalue weighted by atomic mass is 16.4. The smallest absolute Gasteiger partial charge is 0.197 e. The van der Waals surface area contributed by atoms with Gasteiger partial charge in [0.05, 0.1) is 11.7 Å². The fourth-order valence-electron chi connectivity index (χ4n) is 0.852. The summed E-state index contributed by atoms with van der Waals surface area (Å²) in [5.41, 5.74) is 5.41. The molecule has 0 aromatic carbocycles. The lowest BCUT2D eigenvalue weighted by atomic mass is 10.1. The Kier molecular flexibility index (Phi) is 2.24. The largest absolute Gasteiger partial charge is 0.444 e. The fraction of sp³-hybridized carbons (Fsp3) is 0.667. The number of nitrogens with zero attached hydrogens (tertiary/aromatic N) is 1. The second-order valence-corrected chi connectivity index (χ2v) is 3.94. The van der Waals surface area contributed by atoms with Gasteiger partial charge in [-0.2, -0.15) is 0 Å². The number of rotatable bonds is 2. The van der Waals surface area contributed by atoms with E-state index in [4.69, 9.17) is 10.2 Å². The van der Waals surface area contributed by atoms with Crippen LogP contribution in [0.3, 0.4) is 0 Å². The highest BCUT2D eigenvalue weighted by Crippen LogP contribution is 2.21. The Morgan fingerprint density at radius 1 is 1.50 bits per heavy atom. The molecule has 1 aromatic rings. The molecule has 68 valence electrons. The molecule has 3 heteroatoms. The Morgan fingerprint density at radius 3 is 2.33 bits per heavy atom. The highest BCUT2D eigenvalue weighted by molar-refractivity contribution is 5.06. The van der Waals surface area contributed by atoms with E-state index in [0.717, 1.165) is 11.7 Å². The van der Waals surface area contributed by atoms with Crippen LogP contribution in [-0.4, -0.2) is 4.98 Å². The van der Waals surface area contributed by atoms with Crippen LogP contribution in [0, 0.1) is 0 Å². The van der Waals surface area contributed by atoms with Gasteiger partial charge in [0.25, 0.3) is 0 Å². The molecule has 3 nitrogen and oxygen atoms in total. The maximum Gasteiger partial charge on any atom is 0.197 e. The zero-order valence-electron chi connectivity index (χ0n) is 8.09. The van der Waals surface area contributed by atoms with Gasteiger partial charge in [0.15, 0.2) is 5.89 Å². The molecule has 1 rings (SSSR count). The van der Waals surface area contributed by atoms with Gasteiger partial charge in [-0.05, 0) is 13.8 Å². The lowest BCUT2D eigenvalue weighted by Gasteiger charge is -2.13. The molecule has 0 atom stereocenters. The van der Waals surface area contributed by atoms with E-state index < -0.39 is 5.54 Å². The van der Waals surface area contributed by atoms with Crippen molar-refractivity contribution in [1.29, 1.82) is 0 Å². The van der Waals surface area contributed by atoms with Crippen molar-refractivity contribution in [2.45, 2.75) is 39.2 Å². The summed E-state index contributed by atoms with van der Waals surface area (Å²) < 4.78 is 5.47. The first-order valence-electron chi connectivity index (χ1n) is 4.16. The molecular weight excluding hydrogens is 152 g/mol. The van der Waals surface area contributed by atoms with E-state index in [0.29, 0.717) is 5.92 Å². The van der Waals surface area contributed by atoms with Gasteiger partial charge in [0.2, 0.25) is 0 Å². The van der Waals surface area contributed by atoms with Crippen molar-refractivity contribution < 1.29 is 4.42 Å². The molecular formula is C9H16N2O. The van der Waals surface area contributed by atoms with Crippen LogP contribution in [0.2, 0.25) is 0 Å². The Balaban J connectivity index is 2.92. The molecule has 0 aliphatic carbocycles. The Bertz CT molecular complexity index is 258. The molecule has 0 unspecified atom stereocenters. The predicted octanol–water partition coefficient (Wildman–Crippen LogP) is 1.99. The summed E-state index contributed by atoms with van der Waals surface area (Å²) in [5.74, 6) is 1.82. The fourth-order valence-corrected chi connectivity index (χ4v) is 0.852. The van der Waals surface area contributed by atoms with Gasteiger partial charge in [-0.25, -0.2) is 4.98 Å². The molecule has 2 N–H and O–H groups in total. The van der Waals surface area contributed by atoms with Crippen molar-refractivity contribution in [2.75, 3.05) is 0 Å². The topological polar surface area (TPSA) is 52.0 Å². The normalized spacial score (nSPS) is 12.5. The zero-order valence-corrected chi connectivity index (χ0v) is 8.09. The summed E-state index contributed by atoms with van der Waals surface area (Å²) in [7, 11) is 0. The quantitative estimate of drug-likeness (QED) is 0.734. The number of aromatic nitrogens is 1. The van der Waals surface area contributed by atoms with E-state index in [2.05, 4.69) is 4.98 Å². The first-order valence-corrected chi connectivity index (χ1v) is 4.16. The lowest BCUT2D eigenvalue weighted by molar-refractivity contribution is 0.362. The van der Waals surface area contributed by atoms with Crippen LogP contribution in [0.1, 0.15) is 45.3 Å². The SMILES string of the molecule is CC(C)c1ncc(C(C)(C)N)o1. The minimum atomic E-state index is -0.430. The maximum atomic E-state index is 5.84. The summed E-state index contributed by atoms with van der Waals surface area (Å²) in [6.45, 7) is 7.88. The van der Waals surface area contributed by atoms with Crippen LogP contribution in [0.25, 0.3) is 0 Å². The summed E-state index contributed by atoms with van der Waals surface area (Å²) in [6, 6.07) is 0. The number of oxazole rings is 1. The zero-order chi connectivity index (χ0) is 9.35. The number of hydrogen-bond donors (Lipinski definition) is 1. The minimum absolute atomic E-state index is 0.320. The maximum absolute atomic E-state index is 5.84. The van der Waals surface area contributed by atoms with Crippen LogP contribution in [-0.2, 0) is 5.54 Å². The van der Waals surface area contributed by atoms with Crippen molar-refractivity contribution in [3.8, 4) is 0 Å². The predicted molar refractivity (Wildman–Crippen MR) is 47.8 cm³/mol. The van der Waals surface area contributed by atoms with Crippen molar-refractivity contribution in [3.63, 3.8) is 0 Å². The first kappa shape index (κ1) is 9.26. The van der Waals surface area contributed by atoms with E-state index >= 15 is 0 Å². The van der Waals surface area contributed by atoms with Crippen molar-refractivity contribution >= 4 is 0 Å². The third kappa shape index (κ3) is 1.85. The van der Waals surface area contributed by atoms with Crippen LogP contribution >= 0.6 is 0 Å². The van der Waals surface area contributed by atoms with Crippen molar-refractivity contribution in [3.05, 3.63) is 17.8 Å². The van der Waals surface area contributed by atoms with Gasteiger partial charge < -0.3 is 10.2 Å².